The van der Waals surface area contributed by atoms with E-state index in [-0.39, 0.29) is 12.5 Å². The number of nitrogens with zero attached hydrogens (tertiary/aromatic N) is 1. The summed E-state index contributed by atoms with van der Waals surface area (Å²) in [6.45, 7) is 1.82. The standard InChI is InChI=1S/C11H15N3O3/c1-2-8(6-10(15)16)13-11(17)14-9-4-3-5-12-7-9/h3-5,7-8H,2,6H2,1H3,(H,15,16)(H2,13,14,17). The van der Waals surface area contributed by atoms with E-state index in [4.69, 9.17) is 5.11 Å². The zero-order chi connectivity index (χ0) is 12.7. The maximum atomic E-state index is 11.5. The van der Waals surface area contributed by atoms with Gasteiger partial charge in [0.05, 0.1) is 18.3 Å². The van der Waals surface area contributed by atoms with E-state index < -0.39 is 12.0 Å². The lowest BCUT2D eigenvalue weighted by Gasteiger charge is -2.15. The molecular formula is C11H15N3O3. The number of aliphatic carboxylic acids is 1. The molecule has 0 aromatic carbocycles. The zero-order valence-corrected chi connectivity index (χ0v) is 9.51. The normalized spacial score (nSPS) is 11.6. The van der Waals surface area contributed by atoms with E-state index in [1.54, 1.807) is 18.3 Å². The number of rotatable bonds is 5. The topological polar surface area (TPSA) is 91.3 Å². The summed E-state index contributed by atoms with van der Waals surface area (Å²) >= 11 is 0. The Kier molecular flexibility index (Phi) is 4.93. The number of carbonyl (C=O) groups is 2. The summed E-state index contributed by atoms with van der Waals surface area (Å²) in [6, 6.07) is 2.60. The van der Waals surface area contributed by atoms with E-state index in [1.165, 1.54) is 6.20 Å². The number of carboxylic acids is 1. The maximum Gasteiger partial charge on any atom is 0.319 e. The van der Waals surface area contributed by atoms with E-state index in [0.29, 0.717) is 12.1 Å². The quantitative estimate of drug-likeness (QED) is 0.722. The number of nitrogens with one attached hydrogen (secondary N) is 2. The molecule has 0 aliphatic heterocycles. The number of carbonyl (C=O) groups excluding carboxylic acids is 1. The zero-order valence-electron chi connectivity index (χ0n) is 9.51. The molecular weight excluding hydrogens is 222 g/mol. The number of hydrogen-bond donors (Lipinski definition) is 3. The van der Waals surface area contributed by atoms with Gasteiger partial charge in [-0.1, -0.05) is 6.92 Å². The first-order valence-corrected chi connectivity index (χ1v) is 5.31. The first-order chi connectivity index (χ1) is 8.11. The van der Waals surface area contributed by atoms with Gasteiger partial charge in [0.25, 0.3) is 0 Å². The van der Waals surface area contributed by atoms with Crippen LogP contribution in [0, 0.1) is 0 Å². The lowest BCUT2D eigenvalue weighted by molar-refractivity contribution is -0.137. The van der Waals surface area contributed by atoms with Crippen molar-refractivity contribution < 1.29 is 14.7 Å². The van der Waals surface area contributed by atoms with Gasteiger partial charge in [-0.05, 0) is 18.6 Å². The Bertz CT molecular complexity index is 381. The maximum absolute atomic E-state index is 11.5. The van der Waals surface area contributed by atoms with Crippen molar-refractivity contribution in [1.82, 2.24) is 10.3 Å². The second kappa shape index (κ2) is 6.47. The molecule has 0 aliphatic carbocycles. The molecule has 1 aromatic rings. The van der Waals surface area contributed by atoms with Gasteiger partial charge < -0.3 is 15.7 Å². The van der Waals surface area contributed by atoms with Crippen LogP contribution in [0.3, 0.4) is 0 Å². The third-order valence-corrected chi connectivity index (χ3v) is 2.17. The van der Waals surface area contributed by atoms with Crippen molar-refractivity contribution >= 4 is 17.7 Å². The second-order valence-electron chi connectivity index (χ2n) is 3.54. The van der Waals surface area contributed by atoms with Crippen LogP contribution in [-0.4, -0.2) is 28.1 Å². The molecule has 1 aromatic heterocycles. The molecule has 3 N–H and O–H groups in total. The van der Waals surface area contributed by atoms with Crippen LogP contribution < -0.4 is 10.6 Å². The molecule has 6 heteroatoms. The Labute approximate surface area is 99.1 Å². The van der Waals surface area contributed by atoms with Gasteiger partial charge in [-0.2, -0.15) is 0 Å². The van der Waals surface area contributed by atoms with Gasteiger partial charge in [0.15, 0.2) is 0 Å². The Morgan fingerprint density at radius 3 is 2.82 bits per heavy atom. The fraction of sp³-hybridized carbons (Fsp3) is 0.364. The van der Waals surface area contributed by atoms with Crippen molar-refractivity contribution in [2.45, 2.75) is 25.8 Å². The van der Waals surface area contributed by atoms with Gasteiger partial charge in [-0.25, -0.2) is 4.79 Å². The molecule has 1 heterocycles. The fourth-order valence-corrected chi connectivity index (χ4v) is 1.30. The summed E-state index contributed by atoms with van der Waals surface area (Å²) in [7, 11) is 0. The predicted octanol–water partition coefficient (Wildman–Crippen LogP) is 1.46. The minimum absolute atomic E-state index is 0.0863. The SMILES string of the molecule is CCC(CC(=O)O)NC(=O)Nc1cccnc1. The second-order valence-corrected chi connectivity index (χ2v) is 3.54. The molecule has 0 saturated heterocycles. The molecule has 2 amide bonds. The van der Waals surface area contributed by atoms with Gasteiger partial charge in [-0.15, -0.1) is 0 Å². The molecule has 0 saturated carbocycles. The molecule has 1 atom stereocenters. The van der Waals surface area contributed by atoms with Crippen LogP contribution in [0.25, 0.3) is 0 Å². The molecule has 0 aliphatic rings. The van der Waals surface area contributed by atoms with Crippen LogP contribution >= 0.6 is 0 Å². The lowest BCUT2D eigenvalue weighted by Crippen LogP contribution is -2.38. The van der Waals surface area contributed by atoms with Crippen molar-refractivity contribution in [3.05, 3.63) is 24.5 Å². The van der Waals surface area contributed by atoms with E-state index >= 15 is 0 Å². The summed E-state index contributed by atoms with van der Waals surface area (Å²) in [4.78, 5) is 25.9. The van der Waals surface area contributed by atoms with E-state index in [0.717, 1.165) is 0 Å². The Morgan fingerprint density at radius 2 is 2.29 bits per heavy atom. The van der Waals surface area contributed by atoms with Gasteiger partial charge in [0, 0.05) is 12.2 Å². The first-order valence-electron chi connectivity index (χ1n) is 5.31. The fourth-order valence-electron chi connectivity index (χ4n) is 1.30. The minimum Gasteiger partial charge on any atom is -0.481 e. The highest BCUT2D eigenvalue weighted by molar-refractivity contribution is 5.89. The van der Waals surface area contributed by atoms with Gasteiger partial charge in [0.2, 0.25) is 0 Å². The third-order valence-electron chi connectivity index (χ3n) is 2.17. The molecule has 0 spiro atoms. The van der Waals surface area contributed by atoms with Crippen molar-refractivity contribution in [3.63, 3.8) is 0 Å². The number of hydrogen-bond acceptors (Lipinski definition) is 3. The van der Waals surface area contributed by atoms with Crippen LogP contribution in [0.15, 0.2) is 24.5 Å². The summed E-state index contributed by atoms with van der Waals surface area (Å²) in [5.41, 5.74) is 0.565. The van der Waals surface area contributed by atoms with Crippen LogP contribution in [0.5, 0.6) is 0 Å². The molecule has 1 unspecified atom stereocenters. The number of pyridine rings is 1. The molecule has 17 heavy (non-hydrogen) atoms. The average Bonchev–Trinajstić information content (AvgIpc) is 2.28. The van der Waals surface area contributed by atoms with Crippen LogP contribution in [0.4, 0.5) is 10.5 Å². The molecule has 0 bridgehead atoms. The smallest absolute Gasteiger partial charge is 0.319 e. The number of urea groups is 1. The number of carboxylic acid groups (broad SMARTS) is 1. The van der Waals surface area contributed by atoms with Crippen LogP contribution in [-0.2, 0) is 4.79 Å². The lowest BCUT2D eigenvalue weighted by atomic mass is 10.1. The summed E-state index contributed by atoms with van der Waals surface area (Å²) in [5, 5.41) is 13.8. The van der Waals surface area contributed by atoms with Crippen molar-refractivity contribution in [3.8, 4) is 0 Å². The Balaban J connectivity index is 2.45. The number of amides is 2. The van der Waals surface area contributed by atoms with Crippen molar-refractivity contribution in [2.75, 3.05) is 5.32 Å². The number of anilines is 1. The molecule has 92 valence electrons. The third kappa shape index (κ3) is 4.96. The average molecular weight is 237 g/mol. The molecule has 0 fully saturated rings. The van der Waals surface area contributed by atoms with Gasteiger partial charge >= 0.3 is 12.0 Å². The molecule has 1 rings (SSSR count). The van der Waals surface area contributed by atoms with E-state index in [1.807, 2.05) is 6.92 Å². The largest absolute Gasteiger partial charge is 0.481 e. The molecule has 0 radical (unpaired) electrons. The van der Waals surface area contributed by atoms with Crippen LogP contribution in [0.1, 0.15) is 19.8 Å². The van der Waals surface area contributed by atoms with E-state index in [9.17, 15) is 9.59 Å². The van der Waals surface area contributed by atoms with Crippen molar-refractivity contribution in [2.24, 2.45) is 0 Å². The van der Waals surface area contributed by atoms with E-state index in [2.05, 4.69) is 15.6 Å². The summed E-state index contributed by atoms with van der Waals surface area (Å²) in [6.07, 6.45) is 3.59. The highest BCUT2D eigenvalue weighted by atomic mass is 16.4. The highest BCUT2D eigenvalue weighted by Gasteiger charge is 2.13. The monoisotopic (exact) mass is 237 g/mol. The Morgan fingerprint density at radius 1 is 1.53 bits per heavy atom. The summed E-state index contributed by atoms with van der Waals surface area (Å²) in [5.74, 6) is -0.932. The number of aromatic nitrogens is 1. The first kappa shape index (κ1) is 13.0. The summed E-state index contributed by atoms with van der Waals surface area (Å²) < 4.78 is 0. The Hall–Kier alpha value is -2.11. The highest BCUT2D eigenvalue weighted by Crippen LogP contribution is 2.03. The van der Waals surface area contributed by atoms with Crippen molar-refractivity contribution in [1.29, 1.82) is 0 Å². The molecule has 6 nitrogen and oxygen atoms in total. The predicted molar refractivity (Wildman–Crippen MR) is 62.7 cm³/mol. The minimum atomic E-state index is -0.932. The van der Waals surface area contributed by atoms with Crippen LogP contribution in [0.2, 0.25) is 0 Å². The van der Waals surface area contributed by atoms with Gasteiger partial charge in [-0.3, -0.25) is 9.78 Å². The van der Waals surface area contributed by atoms with Gasteiger partial charge in [0.1, 0.15) is 0 Å².